The number of halogens is 2. The number of amides is 2. The number of rotatable bonds is 8. The lowest BCUT2D eigenvalue weighted by atomic mass is 10.2. The second-order valence-electron chi connectivity index (χ2n) is 6.18. The molecule has 0 saturated carbocycles. The summed E-state index contributed by atoms with van der Waals surface area (Å²) in [6.45, 7) is 3.55. The highest BCUT2D eigenvalue weighted by Crippen LogP contribution is 2.17. The zero-order valence-electron chi connectivity index (χ0n) is 15.3. The van der Waals surface area contributed by atoms with E-state index in [4.69, 9.17) is 0 Å². The molecular weight excluding hydrogens is 370 g/mol. The summed E-state index contributed by atoms with van der Waals surface area (Å²) >= 11 is 1.44. The number of benzene rings is 2. The molecule has 0 aliphatic carbocycles. The molecule has 2 amide bonds. The van der Waals surface area contributed by atoms with Gasteiger partial charge in [0.25, 0.3) is 0 Å². The zero-order valence-corrected chi connectivity index (χ0v) is 16.1. The van der Waals surface area contributed by atoms with Gasteiger partial charge >= 0.3 is 0 Å². The van der Waals surface area contributed by atoms with Gasteiger partial charge in [-0.25, -0.2) is 8.78 Å². The molecule has 0 aliphatic heterocycles. The van der Waals surface area contributed by atoms with Crippen LogP contribution in [0.2, 0.25) is 0 Å². The average molecular weight is 392 g/mol. The van der Waals surface area contributed by atoms with Gasteiger partial charge in [-0.3, -0.25) is 9.59 Å². The molecule has 0 aliphatic rings. The van der Waals surface area contributed by atoms with Crippen LogP contribution in [0.15, 0.2) is 36.4 Å². The van der Waals surface area contributed by atoms with E-state index in [1.54, 1.807) is 26.0 Å². The molecule has 7 heteroatoms. The van der Waals surface area contributed by atoms with Gasteiger partial charge < -0.3 is 10.6 Å². The van der Waals surface area contributed by atoms with E-state index in [9.17, 15) is 18.4 Å². The average Bonchev–Trinajstić information content (AvgIpc) is 2.59. The fraction of sp³-hybridized carbons (Fsp3) is 0.300. The largest absolute Gasteiger partial charge is 0.324 e. The molecule has 2 rings (SSSR count). The Morgan fingerprint density at radius 1 is 0.815 bits per heavy atom. The quantitative estimate of drug-likeness (QED) is 0.642. The first kappa shape index (κ1) is 20.9. The van der Waals surface area contributed by atoms with E-state index in [0.29, 0.717) is 11.5 Å². The van der Waals surface area contributed by atoms with Crippen molar-refractivity contribution < 1.29 is 18.4 Å². The number of carbonyl (C=O) groups is 2. The van der Waals surface area contributed by atoms with Crippen LogP contribution in [0.25, 0.3) is 0 Å². The van der Waals surface area contributed by atoms with Crippen LogP contribution in [0.5, 0.6) is 0 Å². The lowest BCUT2D eigenvalue weighted by Crippen LogP contribution is -2.15. The van der Waals surface area contributed by atoms with Gasteiger partial charge in [-0.2, -0.15) is 11.8 Å². The Kier molecular flexibility index (Phi) is 7.79. The second-order valence-corrected chi connectivity index (χ2v) is 7.40. The van der Waals surface area contributed by atoms with Crippen molar-refractivity contribution in [2.75, 3.05) is 22.1 Å². The highest BCUT2D eigenvalue weighted by Gasteiger charge is 2.09. The van der Waals surface area contributed by atoms with Crippen LogP contribution in [-0.4, -0.2) is 23.3 Å². The van der Waals surface area contributed by atoms with Gasteiger partial charge in [0.1, 0.15) is 11.6 Å². The van der Waals surface area contributed by atoms with E-state index in [0.717, 1.165) is 11.1 Å². The van der Waals surface area contributed by atoms with Crippen LogP contribution < -0.4 is 10.6 Å². The van der Waals surface area contributed by atoms with Gasteiger partial charge in [-0.1, -0.05) is 12.1 Å². The number of nitrogens with one attached hydrogen (secondary N) is 2. The van der Waals surface area contributed by atoms with Crippen molar-refractivity contribution in [3.8, 4) is 0 Å². The molecule has 0 fully saturated rings. The summed E-state index contributed by atoms with van der Waals surface area (Å²) in [4.78, 5) is 23.7. The van der Waals surface area contributed by atoms with E-state index in [2.05, 4.69) is 10.6 Å². The third-order valence-electron chi connectivity index (χ3n) is 3.74. The molecule has 2 aromatic rings. The number of aryl methyl sites for hydroxylation is 2. The molecular formula is C20H22F2N2O2S. The maximum atomic E-state index is 13.7. The summed E-state index contributed by atoms with van der Waals surface area (Å²) in [5.41, 5.74) is 1.89. The van der Waals surface area contributed by atoms with E-state index in [1.807, 2.05) is 0 Å². The smallest absolute Gasteiger partial charge is 0.225 e. The van der Waals surface area contributed by atoms with Gasteiger partial charge in [0, 0.05) is 24.3 Å². The Morgan fingerprint density at radius 2 is 1.22 bits per heavy atom. The fourth-order valence-electron chi connectivity index (χ4n) is 2.30. The van der Waals surface area contributed by atoms with Crippen molar-refractivity contribution in [1.29, 1.82) is 0 Å². The molecule has 2 aromatic carbocycles. The van der Waals surface area contributed by atoms with Crippen molar-refractivity contribution in [3.63, 3.8) is 0 Å². The highest BCUT2D eigenvalue weighted by atomic mass is 32.2. The number of thioether (sulfide) groups is 1. The minimum absolute atomic E-state index is 0.162. The van der Waals surface area contributed by atoms with Crippen LogP contribution in [-0.2, 0) is 9.59 Å². The minimum atomic E-state index is -0.462. The molecule has 0 radical (unpaired) electrons. The molecule has 0 aromatic heterocycles. The topological polar surface area (TPSA) is 58.2 Å². The molecule has 144 valence electrons. The molecule has 2 N–H and O–H groups in total. The molecule has 0 saturated heterocycles. The fourth-order valence-corrected chi connectivity index (χ4v) is 3.16. The molecule has 0 heterocycles. The zero-order chi connectivity index (χ0) is 19.8. The predicted octanol–water partition coefficient (Wildman–Crippen LogP) is 4.67. The third-order valence-corrected chi connectivity index (χ3v) is 4.73. The Bertz CT molecular complexity index is 760. The lowest BCUT2D eigenvalue weighted by Gasteiger charge is -2.08. The second kappa shape index (κ2) is 10.1. The van der Waals surface area contributed by atoms with Crippen molar-refractivity contribution >= 4 is 35.0 Å². The first-order chi connectivity index (χ1) is 12.8. The Balaban J connectivity index is 1.64. The van der Waals surface area contributed by atoms with Crippen LogP contribution >= 0.6 is 11.8 Å². The Labute approximate surface area is 161 Å². The van der Waals surface area contributed by atoms with E-state index in [1.165, 1.54) is 36.0 Å². The van der Waals surface area contributed by atoms with Crippen molar-refractivity contribution in [2.24, 2.45) is 0 Å². The molecule has 0 unspecified atom stereocenters. The summed E-state index contributed by atoms with van der Waals surface area (Å²) < 4.78 is 27.4. The highest BCUT2D eigenvalue weighted by molar-refractivity contribution is 7.99. The maximum absolute atomic E-state index is 13.7. The Hall–Kier alpha value is -2.41. The van der Waals surface area contributed by atoms with Gasteiger partial charge in [0.2, 0.25) is 11.8 Å². The van der Waals surface area contributed by atoms with Gasteiger partial charge in [-0.05, 0) is 49.2 Å². The van der Waals surface area contributed by atoms with Crippen molar-refractivity contribution in [1.82, 2.24) is 0 Å². The van der Waals surface area contributed by atoms with Crippen molar-refractivity contribution in [3.05, 3.63) is 59.2 Å². The summed E-state index contributed by atoms with van der Waals surface area (Å²) in [6, 6.07) is 9.24. The molecule has 0 atom stereocenters. The van der Waals surface area contributed by atoms with Crippen LogP contribution in [0.1, 0.15) is 24.0 Å². The standard InChI is InChI=1S/C20H22F2N2O2S/c1-13-3-5-17(15(21)11-13)23-19(25)7-9-27-10-8-20(26)24-18-6-4-14(2)12-16(18)22/h3-6,11-12H,7-10H2,1-2H3,(H,23,25)(H,24,26). The first-order valence-electron chi connectivity index (χ1n) is 8.55. The van der Waals surface area contributed by atoms with Gasteiger partial charge in [0.15, 0.2) is 0 Å². The summed E-state index contributed by atoms with van der Waals surface area (Å²) in [5.74, 6) is -0.475. The normalized spacial score (nSPS) is 10.5. The number of hydrogen-bond donors (Lipinski definition) is 2. The maximum Gasteiger partial charge on any atom is 0.225 e. The van der Waals surface area contributed by atoms with E-state index in [-0.39, 0.29) is 36.0 Å². The number of carbonyl (C=O) groups excluding carboxylic acids is 2. The molecule has 4 nitrogen and oxygen atoms in total. The first-order valence-corrected chi connectivity index (χ1v) is 9.70. The molecule has 0 spiro atoms. The summed E-state index contributed by atoms with van der Waals surface area (Å²) in [7, 11) is 0. The SMILES string of the molecule is Cc1ccc(NC(=O)CCSCCC(=O)Nc2ccc(C)cc2F)c(F)c1. The number of hydrogen-bond acceptors (Lipinski definition) is 3. The van der Waals surface area contributed by atoms with E-state index < -0.39 is 11.6 Å². The monoisotopic (exact) mass is 392 g/mol. The van der Waals surface area contributed by atoms with Crippen LogP contribution in [0.4, 0.5) is 20.2 Å². The third kappa shape index (κ3) is 7.02. The predicted molar refractivity (Wildman–Crippen MR) is 106 cm³/mol. The van der Waals surface area contributed by atoms with Gasteiger partial charge in [-0.15, -0.1) is 0 Å². The lowest BCUT2D eigenvalue weighted by molar-refractivity contribution is -0.116. The molecule has 27 heavy (non-hydrogen) atoms. The Morgan fingerprint density at radius 3 is 1.59 bits per heavy atom. The molecule has 0 bridgehead atoms. The summed E-state index contributed by atoms with van der Waals surface area (Å²) in [5, 5.41) is 5.06. The minimum Gasteiger partial charge on any atom is -0.324 e. The van der Waals surface area contributed by atoms with Crippen LogP contribution in [0, 0.1) is 25.5 Å². The van der Waals surface area contributed by atoms with Crippen LogP contribution in [0.3, 0.4) is 0 Å². The summed E-state index contributed by atoms with van der Waals surface area (Å²) in [6.07, 6.45) is 0.429. The number of anilines is 2. The van der Waals surface area contributed by atoms with Gasteiger partial charge in [0.05, 0.1) is 11.4 Å². The van der Waals surface area contributed by atoms with Crippen molar-refractivity contribution in [2.45, 2.75) is 26.7 Å². The van der Waals surface area contributed by atoms with E-state index >= 15 is 0 Å².